The third kappa shape index (κ3) is 50500. The van der Waals surface area contributed by atoms with E-state index >= 15 is 0 Å². The number of hydrogen-bond acceptors (Lipinski definition) is 2. The Morgan fingerprint density at radius 3 is 0.800 bits per heavy atom. The maximum absolute atomic E-state index is 8.56. The Kier molecular flexibility index (Phi) is 36.1. The van der Waals surface area contributed by atoms with E-state index < -0.39 is 12.3 Å². The van der Waals surface area contributed by atoms with Crippen LogP contribution in [0.3, 0.4) is 0 Å². The normalized spacial score (nSPS) is 4.80. The SMILES string of the molecule is Cl.O=C(O)O.O=C(O)O.[CaH2]. The summed E-state index contributed by atoms with van der Waals surface area (Å²) in [5, 5.41) is 27.9. The van der Waals surface area contributed by atoms with Crippen LogP contribution in [-0.4, -0.2) is 70.5 Å². The Balaban J connectivity index is -0.0000000300. The molecule has 0 radical (unpaired) electrons. The van der Waals surface area contributed by atoms with Crippen LogP contribution >= 0.6 is 12.4 Å². The topological polar surface area (TPSA) is 115 Å². The van der Waals surface area contributed by atoms with Gasteiger partial charge in [-0.1, -0.05) is 0 Å². The molecule has 0 spiro atoms. The number of rotatable bonds is 0. The minimum absolute atomic E-state index is 0. The van der Waals surface area contributed by atoms with Gasteiger partial charge in [0.1, 0.15) is 0 Å². The monoisotopic (exact) mass is 202 g/mol. The van der Waals surface area contributed by atoms with Gasteiger partial charge < -0.3 is 20.4 Å². The summed E-state index contributed by atoms with van der Waals surface area (Å²) in [6.45, 7) is 0. The van der Waals surface area contributed by atoms with Crippen molar-refractivity contribution in [2.75, 3.05) is 0 Å². The van der Waals surface area contributed by atoms with E-state index in [0.29, 0.717) is 0 Å². The van der Waals surface area contributed by atoms with E-state index in [-0.39, 0.29) is 50.1 Å². The molecular weight excluding hydrogens is 196 g/mol. The van der Waals surface area contributed by atoms with Gasteiger partial charge in [0.05, 0.1) is 0 Å². The van der Waals surface area contributed by atoms with Crippen molar-refractivity contribution < 1.29 is 30.0 Å². The van der Waals surface area contributed by atoms with Crippen molar-refractivity contribution in [3.05, 3.63) is 0 Å². The molecule has 6 nitrogen and oxygen atoms in total. The molecule has 0 rings (SSSR count). The van der Waals surface area contributed by atoms with Gasteiger partial charge in [-0.15, -0.1) is 12.4 Å². The molecule has 0 unspecified atom stereocenters. The first-order chi connectivity index (χ1) is 3.46. The standard InChI is InChI=1S/2CH2O3.Ca.ClH.2H/c2*2-1(3)4;;;;/h2*(H2,2,3,4);;1H;;. The third-order valence-electron chi connectivity index (χ3n) is 0. The van der Waals surface area contributed by atoms with Crippen molar-refractivity contribution in [3.63, 3.8) is 0 Å². The Labute approximate surface area is 91.9 Å². The van der Waals surface area contributed by atoms with Crippen LogP contribution in [0.5, 0.6) is 0 Å². The zero-order valence-corrected chi connectivity index (χ0v) is 4.83. The summed E-state index contributed by atoms with van der Waals surface area (Å²) in [5.74, 6) is 0. The molecule has 8 heteroatoms. The van der Waals surface area contributed by atoms with Crippen LogP contribution in [-0.2, 0) is 0 Å². The number of halogens is 1. The van der Waals surface area contributed by atoms with E-state index in [9.17, 15) is 0 Å². The fraction of sp³-hybridized carbons (Fsp3) is 0. The van der Waals surface area contributed by atoms with Crippen molar-refractivity contribution in [2.24, 2.45) is 0 Å². The summed E-state index contributed by atoms with van der Waals surface area (Å²) in [4.78, 5) is 17.1. The summed E-state index contributed by atoms with van der Waals surface area (Å²) in [5.41, 5.74) is 0. The van der Waals surface area contributed by atoms with Crippen LogP contribution in [0.25, 0.3) is 0 Å². The average Bonchev–Trinajstić information content (AvgIpc) is 1.25. The van der Waals surface area contributed by atoms with Crippen LogP contribution in [0.2, 0.25) is 0 Å². The number of hydrogen-bond donors (Lipinski definition) is 4. The zero-order valence-electron chi connectivity index (χ0n) is 4.01. The van der Waals surface area contributed by atoms with Gasteiger partial charge in [-0.25, -0.2) is 9.59 Å². The summed E-state index contributed by atoms with van der Waals surface area (Å²) >= 11 is 0. The van der Waals surface area contributed by atoms with Crippen molar-refractivity contribution in [2.45, 2.75) is 0 Å². The first-order valence-corrected chi connectivity index (χ1v) is 1.30. The quantitative estimate of drug-likeness (QED) is 0.410. The van der Waals surface area contributed by atoms with Crippen molar-refractivity contribution >= 4 is 62.5 Å². The molecule has 0 amide bonds. The molecule has 0 aliphatic rings. The molecule has 10 heavy (non-hydrogen) atoms. The van der Waals surface area contributed by atoms with Gasteiger partial charge >= 0.3 is 50.0 Å². The summed E-state index contributed by atoms with van der Waals surface area (Å²) in [7, 11) is 0. The molecule has 0 fully saturated rings. The Morgan fingerprint density at radius 2 is 0.800 bits per heavy atom. The summed E-state index contributed by atoms with van der Waals surface area (Å²) < 4.78 is 0. The van der Waals surface area contributed by atoms with Crippen LogP contribution < -0.4 is 0 Å². The second-order valence-electron chi connectivity index (χ2n) is 0.565. The average molecular weight is 203 g/mol. The van der Waals surface area contributed by atoms with Crippen molar-refractivity contribution in [1.82, 2.24) is 0 Å². The Morgan fingerprint density at radius 1 is 0.800 bits per heavy atom. The van der Waals surface area contributed by atoms with E-state index in [2.05, 4.69) is 0 Å². The van der Waals surface area contributed by atoms with Crippen molar-refractivity contribution in [1.29, 1.82) is 0 Å². The number of carbonyl (C=O) groups is 2. The van der Waals surface area contributed by atoms with E-state index in [0.717, 1.165) is 0 Å². The van der Waals surface area contributed by atoms with E-state index in [1.54, 1.807) is 0 Å². The molecule has 0 atom stereocenters. The summed E-state index contributed by atoms with van der Waals surface area (Å²) in [6.07, 6.45) is -3.67. The molecule has 60 valence electrons. The predicted molar refractivity (Wildman–Crippen MR) is 37.1 cm³/mol. The molecule has 4 N–H and O–H groups in total. The van der Waals surface area contributed by atoms with Crippen molar-refractivity contribution in [3.8, 4) is 0 Å². The fourth-order valence-corrected chi connectivity index (χ4v) is 0. The molecule has 0 aromatic carbocycles. The minimum atomic E-state index is -1.83. The second kappa shape index (κ2) is 16.0. The third-order valence-corrected chi connectivity index (χ3v) is 0. The molecule has 0 heterocycles. The van der Waals surface area contributed by atoms with Gasteiger partial charge in [0.25, 0.3) is 0 Å². The molecule has 0 saturated heterocycles. The molecule has 0 aliphatic carbocycles. The Hall–Kier alpha value is 0.0897. The molecule has 0 bridgehead atoms. The van der Waals surface area contributed by atoms with Crippen LogP contribution in [0.15, 0.2) is 0 Å². The molecule has 0 aromatic rings. The molecule has 0 aliphatic heterocycles. The first-order valence-electron chi connectivity index (χ1n) is 1.30. The maximum atomic E-state index is 8.56. The van der Waals surface area contributed by atoms with Gasteiger partial charge in [-0.3, -0.25) is 0 Å². The zero-order chi connectivity index (χ0) is 7.15. The van der Waals surface area contributed by atoms with Gasteiger partial charge in [0.2, 0.25) is 0 Å². The predicted octanol–water partition coefficient (Wildman–Crippen LogP) is -0.0496. The van der Waals surface area contributed by atoms with Gasteiger partial charge in [0.15, 0.2) is 0 Å². The second-order valence-corrected chi connectivity index (χ2v) is 0.565. The van der Waals surface area contributed by atoms with Crippen LogP contribution in [0.1, 0.15) is 0 Å². The van der Waals surface area contributed by atoms with Gasteiger partial charge in [-0.05, 0) is 0 Å². The molecule has 0 saturated carbocycles. The van der Waals surface area contributed by atoms with Gasteiger partial charge in [-0.2, -0.15) is 0 Å². The Bertz CT molecular complexity index is 73.7. The van der Waals surface area contributed by atoms with Crippen LogP contribution in [0.4, 0.5) is 9.59 Å². The van der Waals surface area contributed by atoms with Crippen LogP contribution in [0, 0.1) is 0 Å². The van der Waals surface area contributed by atoms with Gasteiger partial charge in [0, 0.05) is 0 Å². The fourth-order valence-electron chi connectivity index (χ4n) is 0. The molecular formula is C2H7CaClO6. The molecule has 0 aromatic heterocycles. The first kappa shape index (κ1) is 22.5. The van der Waals surface area contributed by atoms with E-state index in [1.165, 1.54) is 0 Å². The number of carboxylic acid groups (broad SMARTS) is 4. The van der Waals surface area contributed by atoms with E-state index in [1.807, 2.05) is 0 Å². The summed E-state index contributed by atoms with van der Waals surface area (Å²) in [6, 6.07) is 0. The van der Waals surface area contributed by atoms with E-state index in [4.69, 9.17) is 30.0 Å².